The molecule has 0 aliphatic rings. The van der Waals surface area contributed by atoms with Gasteiger partial charge in [-0.3, -0.25) is 0 Å². The van der Waals surface area contributed by atoms with Crippen molar-refractivity contribution in [3.8, 4) is 11.6 Å². The van der Waals surface area contributed by atoms with Crippen molar-refractivity contribution < 1.29 is 4.42 Å². The van der Waals surface area contributed by atoms with Gasteiger partial charge in [-0.05, 0) is 38.1 Å². The lowest BCUT2D eigenvalue weighted by atomic mass is 10.2. The van der Waals surface area contributed by atoms with Crippen LogP contribution in [0.1, 0.15) is 11.3 Å². The van der Waals surface area contributed by atoms with Gasteiger partial charge in [0.15, 0.2) is 5.76 Å². The van der Waals surface area contributed by atoms with Crippen molar-refractivity contribution in [3.63, 3.8) is 0 Å². The van der Waals surface area contributed by atoms with E-state index in [0.717, 1.165) is 17.2 Å². The fraction of sp³-hybridized carbons (Fsp3) is 0.118. The summed E-state index contributed by atoms with van der Waals surface area (Å²) in [5.74, 6) is 2.47. The topological polar surface area (TPSA) is 68.2 Å². The van der Waals surface area contributed by atoms with Crippen molar-refractivity contribution in [3.05, 3.63) is 60.0 Å². The lowest BCUT2D eigenvalue weighted by molar-refractivity contribution is 0.577. The van der Waals surface area contributed by atoms with Gasteiger partial charge in [0.05, 0.1) is 6.26 Å². The van der Waals surface area contributed by atoms with Gasteiger partial charge in [-0.2, -0.15) is 9.50 Å². The second kappa shape index (κ2) is 5.24. The van der Waals surface area contributed by atoms with Gasteiger partial charge in [0.2, 0.25) is 5.82 Å². The van der Waals surface area contributed by atoms with E-state index in [0.29, 0.717) is 17.4 Å². The minimum atomic E-state index is 0.514. The van der Waals surface area contributed by atoms with Crippen LogP contribution in [0.15, 0.2) is 53.1 Å². The highest BCUT2D eigenvalue weighted by Gasteiger charge is 2.13. The average molecular weight is 305 g/mol. The van der Waals surface area contributed by atoms with E-state index in [1.807, 2.05) is 37.3 Å². The van der Waals surface area contributed by atoms with E-state index < -0.39 is 0 Å². The molecule has 0 fully saturated rings. The number of benzene rings is 1. The molecule has 3 heterocycles. The quantitative estimate of drug-likeness (QED) is 0.624. The van der Waals surface area contributed by atoms with E-state index >= 15 is 0 Å². The molecule has 0 saturated heterocycles. The zero-order valence-corrected chi connectivity index (χ0v) is 12.8. The number of furan rings is 1. The summed E-state index contributed by atoms with van der Waals surface area (Å²) < 4.78 is 7.05. The third-order valence-corrected chi connectivity index (χ3v) is 3.51. The molecular weight excluding hydrogens is 290 g/mol. The number of anilines is 2. The Morgan fingerprint density at radius 3 is 2.61 bits per heavy atom. The first kappa shape index (κ1) is 13.5. The van der Waals surface area contributed by atoms with Crippen LogP contribution < -0.4 is 5.32 Å². The largest absolute Gasteiger partial charge is 0.461 e. The number of hydrogen-bond acceptors (Lipinski definition) is 5. The Balaban J connectivity index is 1.80. The molecule has 0 unspecified atom stereocenters. The molecule has 0 amide bonds. The van der Waals surface area contributed by atoms with Crippen LogP contribution in [0.4, 0.5) is 11.5 Å². The van der Waals surface area contributed by atoms with Gasteiger partial charge in [-0.1, -0.05) is 17.7 Å². The van der Waals surface area contributed by atoms with Gasteiger partial charge >= 0.3 is 0 Å². The average Bonchev–Trinajstić information content (AvgIpc) is 3.18. The summed E-state index contributed by atoms with van der Waals surface area (Å²) >= 11 is 0. The summed E-state index contributed by atoms with van der Waals surface area (Å²) in [7, 11) is 0. The SMILES string of the molecule is Cc1ccc(Nc2cc(C)nc3nc(-c4ccco4)nn23)cc1. The van der Waals surface area contributed by atoms with E-state index in [2.05, 4.69) is 39.4 Å². The minimum absolute atomic E-state index is 0.514. The molecular formula is C17H15N5O. The standard InChI is InChI=1S/C17H15N5O/c1-11-5-7-13(8-6-11)19-15-10-12(2)18-17-20-16(21-22(15)17)14-4-3-9-23-14/h3-10,19H,1-2H3. The molecule has 6 nitrogen and oxygen atoms in total. The molecule has 0 spiro atoms. The second-order valence-electron chi connectivity index (χ2n) is 5.40. The summed E-state index contributed by atoms with van der Waals surface area (Å²) in [6, 6.07) is 13.8. The predicted molar refractivity (Wildman–Crippen MR) is 87.7 cm³/mol. The Hall–Kier alpha value is -3.15. The summed E-state index contributed by atoms with van der Waals surface area (Å²) in [6.45, 7) is 3.99. The molecule has 4 rings (SSSR count). The number of hydrogen-bond donors (Lipinski definition) is 1. The highest BCUT2D eigenvalue weighted by Crippen LogP contribution is 2.21. The zero-order chi connectivity index (χ0) is 15.8. The maximum absolute atomic E-state index is 5.36. The number of aromatic nitrogens is 4. The normalized spacial score (nSPS) is 11.0. The molecule has 0 saturated carbocycles. The zero-order valence-electron chi connectivity index (χ0n) is 12.8. The van der Waals surface area contributed by atoms with Crippen LogP contribution in [0.5, 0.6) is 0 Å². The monoisotopic (exact) mass is 305 g/mol. The maximum atomic E-state index is 5.36. The maximum Gasteiger partial charge on any atom is 0.255 e. The molecule has 0 aliphatic carbocycles. The Morgan fingerprint density at radius 2 is 1.87 bits per heavy atom. The number of nitrogens with one attached hydrogen (secondary N) is 1. The lowest BCUT2D eigenvalue weighted by Crippen LogP contribution is -2.02. The van der Waals surface area contributed by atoms with Gasteiger partial charge in [-0.25, -0.2) is 4.98 Å². The van der Waals surface area contributed by atoms with Gasteiger partial charge in [0.25, 0.3) is 5.78 Å². The fourth-order valence-electron chi connectivity index (χ4n) is 2.37. The van der Waals surface area contributed by atoms with Crippen LogP contribution in [0, 0.1) is 13.8 Å². The number of rotatable bonds is 3. The summed E-state index contributed by atoms with van der Waals surface area (Å²) in [5.41, 5.74) is 3.07. The van der Waals surface area contributed by atoms with Crippen LogP contribution in [0.25, 0.3) is 17.4 Å². The van der Waals surface area contributed by atoms with Crippen molar-refractivity contribution in [2.45, 2.75) is 13.8 Å². The Kier molecular flexibility index (Phi) is 3.08. The van der Waals surface area contributed by atoms with Crippen LogP contribution in [-0.2, 0) is 0 Å². The first-order chi connectivity index (χ1) is 11.2. The summed E-state index contributed by atoms with van der Waals surface area (Å²) in [6.07, 6.45) is 1.60. The highest BCUT2D eigenvalue weighted by atomic mass is 16.3. The molecule has 0 bridgehead atoms. The Bertz CT molecular complexity index is 955. The highest BCUT2D eigenvalue weighted by molar-refractivity contribution is 5.60. The first-order valence-corrected chi connectivity index (χ1v) is 7.31. The van der Waals surface area contributed by atoms with E-state index in [4.69, 9.17) is 4.42 Å². The van der Waals surface area contributed by atoms with Gasteiger partial charge < -0.3 is 9.73 Å². The number of fused-ring (bicyclic) bond motifs is 1. The minimum Gasteiger partial charge on any atom is -0.461 e. The van der Waals surface area contributed by atoms with E-state index in [-0.39, 0.29) is 0 Å². The van der Waals surface area contributed by atoms with Crippen molar-refractivity contribution in [1.29, 1.82) is 0 Å². The smallest absolute Gasteiger partial charge is 0.255 e. The van der Waals surface area contributed by atoms with E-state index in [9.17, 15) is 0 Å². The molecule has 3 aromatic heterocycles. The lowest BCUT2D eigenvalue weighted by Gasteiger charge is -2.08. The third kappa shape index (κ3) is 2.55. The van der Waals surface area contributed by atoms with Gasteiger partial charge in [0, 0.05) is 17.4 Å². The predicted octanol–water partition coefficient (Wildman–Crippen LogP) is 3.74. The Labute approximate surface area is 132 Å². The summed E-state index contributed by atoms with van der Waals surface area (Å²) in [4.78, 5) is 8.87. The fourth-order valence-corrected chi connectivity index (χ4v) is 2.37. The van der Waals surface area contributed by atoms with E-state index in [1.54, 1.807) is 10.8 Å². The van der Waals surface area contributed by atoms with Gasteiger partial charge in [0.1, 0.15) is 5.82 Å². The van der Waals surface area contributed by atoms with Crippen molar-refractivity contribution >= 4 is 17.3 Å². The molecule has 114 valence electrons. The van der Waals surface area contributed by atoms with E-state index in [1.165, 1.54) is 5.56 Å². The van der Waals surface area contributed by atoms with Crippen LogP contribution in [0.3, 0.4) is 0 Å². The van der Waals surface area contributed by atoms with Gasteiger partial charge in [-0.15, -0.1) is 5.10 Å². The molecule has 0 aliphatic heterocycles. The molecule has 1 aromatic carbocycles. The Morgan fingerprint density at radius 1 is 1.04 bits per heavy atom. The second-order valence-corrected chi connectivity index (χ2v) is 5.40. The molecule has 4 aromatic rings. The van der Waals surface area contributed by atoms with Crippen LogP contribution in [0.2, 0.25) is 0 Å². The molecule has 0 atom stereocenters. The molecule has 0 radical (unpaired) electrons. The van der Waals surface area contributed by atoms with Crippen LogP contribution >= 0.6 is 0 Å². The molecule has 23 heavy (non-hydrogen) atoms. The van der Waals surface area contributed by atoms with Crippen molar-refractivity contribution in [1.82, 2.24) is 19.6 Å². The molecule has 1 N–H and O–H groups in total. The van der Waals surface area contributed by atoms with Crippen molar-refractivity contribution in [2.24, 2.45) is 0 Å². The summed E-state index contributed by atoms with van der Waals surface area (Å²) in [5, 5.41) is 7.86. The van der Waals surface area contributed by atoms with Crippen LogP contribution in [-0.4, -0.2) is 19.6 Å². The third-order valence-electron chi connectivity index (χ3n) is 3.51. The molecule has 6 heteroatoms. The number of aryl methyl sites for hydroxylation is 2. The first-order valence-electron chi connectivity index (χ1n) is 7.31. The number of nitrogens with zero attached hydrogens (tertiary/aromatic N) is 4. The van der Waals surface area contributed by atoms with Crippen molar-refractivity contribution in [2.75, 3.05) is 5.32 Å².